The third-order valence-corrected chi connectivity index (χ3v) is 5.16. The molecule has 0 atom stereocenters. The Morgan fingerprint density at radius 3 is 2.43 bits per heavy atom. The molecule has 8 nitrogen and oxygen atoms in total. The molecule has 152 valence electrons. The van der Waals surface area contributed by atoms with Gasteiger partial charge in [-0.2, -0.15) is 0 Å². The summed E-state index contributed by atoms with van der Waals surface area (Å²) in [5.41, 5.74) is 1.99. The Labute approximate surface area is 165 Å². The average molecular weight is 388 g/mol. The summed E-state index contributed by atoms with van der Waals surface area (Å²) in [7, 11) is 0. The van der Waals surface area contributed by atoms with Gasteiger partial charge < -0.3 is 19.9 Å². The number of nitrogens with one attached hydrogen (secondary N) is 1. The number of urea groups is 1. The first-order valence-electron chi connectivity index (χ1n) is 9.82. The summed E-state index contributed by atoms with van der Waals surface area (Å²) in [4.78, 5) is 41.7. The molecule has 0 aromatic heterocycles. The van der Waals surface area contributed by atoms with Crippen LogP contribution in [0.3, 0.4) is 0 Å². The first-order chi connectivity index (χ1) is 13.5. The van der Waals surface area contributed by atoms with E-state index in [1.807, 2.05) is 31.2 Å². The van der Waals surface area contributed by atoms with Crippen LogP contribution in [0.25, 0.3) is 0 Å². The summed E-state index contributed by atoms with van der Waals surface area (Å²) in [5, 5.41) is 2.99. The Hall–Kier alpha value is -2.77. The van der Waals surface area contributed by atoms with Gasteiger partial charge in [-0.3, -0.25) is 9.69 Å². The van der Waals surface area contributed by atoms with Crippen molar-refractivity contribution in [2.75, 3.05) is 44.2 Å². The van der Waals surface area contributed by atoms with Gasteiger partial charge in [0, 0.05) is 37.9 Å². The maximum Gasteiger partial charge on any atom is 0.409 e. The standard InChI is InChI=1S/C20H28N4O4/c1-3-28-20(27)22-10-8-16(9-11-22)21-18(25)14-23-12-13-24(19(23)26)17-6-4-15(2)5-7-17/h4-7,16H,3,8-14H2,1-2H3,(H,21,25). The maximum atomic E-state index is 12.6. The highest BCUT2D eigenvalue weighted by Gasteiger charge is 2.31. The summed E-state index contributed by atoms with van der Waals surface area (Å²) < 4.78 is 5.00. The van der Waals surface area contributed by atoms with Crippen molar-refractivity contribution in [2.45, 2.75) is 32.7 Å². The van der Waals surface area contributed by atoms with Gasteiger partial charge in [0.1, 0.15) is 6.54 Å². The minimum Gasteiger partial charge on any atom is -0.450 e. The van der Waals surface area contributed by atoms with Gasteiger partial charge in [-0.05, 0) is 38.8 Å². The van der Waals surface area contributed by atoms with E-state index in [2.05, 4.69) is 5.32 Å². The Morgan fingerprint density at radius 1 is 1.11 bits per heavy atom. The predicted octanol–water partition coefficient (Wildman–Crippen LogP) is 1.97. The largest absolute Gasteiger partial charge is 0.450 e. The van der Waals surface area contributed by atoms with Crippen molar-refractivity contribution in [1.82, 2.24) is 15.1 Å². The van der Waals surface area contributed by atoms with Crippen LogP contribution >= 0.6 is 0 Å². The van der Waals surface area contributed by atoms with Gasteiger partial charge >= 0.3 is 12.1 Å². The van der Waals surface area contributed by atoms with Crippen LogP contribution in [0, 0.1) is 6.92 Å². The summed E-state index contributed by atoms with van der Waals surface area (Å²) >= 11 is 0. The van der Waals surface area contributed by atoms with Crippen LogP contribution in [-0.2, 0) is 9.53 Å². The van der Waals surface area contributed by atoms with E-state index in [4.69, 9.17) is 4.74 Å². The molecule has 2 fully saturated rings. The molecule has 0 radical (unpaired) electrons. The molecule has 2 aliphatic rings. The molecule has 2 saturated heterocycles. The van der Waals surface area contributed by atoms with E-state index in [0.717, 1.165) is 11.3 Å². The third kappa shape index (κ3) is 4.74. The molecule has 2 aliphatic heterocycles. The molecule has 2 heterocycles. The fraction of sp³-hybridized carbons (Fsp3) is 0.550. The molecule has 1 aromatic carbocycles. The van der Waals surface area contributed by atoms with Crippen molar-refractivity contribution < 1.29 is 19.1 Å². The molecular weight excluding hydrogens is 360 g/mol. The normalized spacial score (nSPS) is 17.8. The van der Waals surface area contributed by atoms with Gasteiger partial charge in [0.05, 0.1) is 6.61 Å². The number of carbonyl (C=O) groups excluding carboxylic acids is 3. The van der Waals surface area contributed by atoms with Crippen molar-refractivity contribution in [3.05, 3.63) is 29.8 Å². The first-order valence-corrected chi connectivity index (χ1v) is 9.82. The average Bonchev–Trinajstić information content (AvgIpc) is 3.03. The molecule has 0 spiro atoms. The molecule has 28 heavy (non-hydrogen) atoms. The molecule has 8 heteroatoms. The summed E-state index contributed by atoms with van der Waals surface area (Å²) in [6.45, 7) is 6.43. The monoisotopic (exact) mass is 388 g/mol. The van der Waals surface area contributed by atoms with Crippen LogP contribution in [0.2, 0.25) is 0 Å². The lowest BCUT2D eigenvalue weighted by atomic mass is 10.1. The van der Waals surface area contributed by atoms with Crippen LogP contribution in [0.5, 0.6) is 0 Å². The van der Waals surface area contributed by atoms with Gasteiger partial charge in [-0.15, -0.1) is 0 Å². The molecule has 0 unspecified atom stereocenters. The predicted molar refractivity (Wildman–Crippen MR) is 105 cm³/mol. The topological polar surface area (TPSA) is 82.2 Å². The number of hydrogen-bond donors (Lipinski definition) is 1. The van der Waals surface area contributed by atoms with Crippen LogP contribution in [0.1, 0.15) is 25.3 Å². The van der Waals surface area contributed by atoms with Gasteiger partial charge in [0.25, 0.3) is 0 Å². The number of rotatable bonds is 5. The summed E-state index contributed by atoms with van der Waals surface area (Å²) in [5.74, 6) is -0.159. The number of piperidine rings is 1. The Kier molecular flexibility index (Phi) is 6.38. The lowest BCUT2D eigenvalue weighted by molar-refractivity contribution is -0.122. The molecular formula is C20H28N4O4. The van der Waals surface area contributed by atoms with Gasteiger partial charge in [-0.25, -0.2) is 9.59 Å². The highest BCUT2D eigenvalue weighted by atomic mass is 16.6. The second-order valence-electron chi connectivity index (χ2n) is 7.22. The van der Waals surface area contributed by atoms with E-state index in [1.165, 1.54) is 0 Å². The molecule has 0 aliphatic carbocycles. The van der Waals surface area contributed by atoms with Crippen LogP contribution in [-0.4, -0.2) is 73.2 Å². The zero-order chi connectivity index (χ0) is 20.1. The van der Waals surface area contributed by atoms with E-state index >= 15 is 0 Å². The van der Waals surface area contributed by atoms with E-state index in [0.29, 0.717) is 45.6 Å². The third-order valence-electron chi connectivity index (χ3n) is 5.16. The van der Waals surface area contributed by atoms with Gasteiger partial charge in [-0.1, -0.05) is 17.7 Å². The van der Waals surface area contributed by atoms with Gasteiger partial charge in [0.2, 0.25) is 5.91 Å². The van der Waals surface area contributed by atoms with E-state index in [9.17, 15) is 14.4 Å². The second kappa shape index (κ2) is 8.95. The number of benzene rings is 1. The Morgan fingerprint density at radius 2 is 1.79 bits per heavy atom. The van der Waals surface area contributed by atoms with Crippen molar-refractivity contribution >= 4 is 23.7 Å². The number of nitrogens with zero attached hydrogens (tertiary/aromatic N) is 3. The molecule has 0 bridgehead atoms. The van der Waals surface area contributed by atoms with E-state index in [-0.39, 0.29) is 30.6 Å². The fourth-order valence-electron chi connectivity index (χ4n) is 3.56. The second-order valence-corrected chi connectivity index (χ2v) is 7.22. The van der Waals surface area contributed by atoms with E-state index in [1.54, 1.807) is 21.6 Å². The molecule has 1 N–H and O–H groups in total. The number of carbonyl (C=O) groups is 3. The lowest BCUT2D eigenvalue weighted by Crippen LogP contribution is -2.49. The zero-order valence-corrected chi connectivity index (χ0v) is 16.5. The van der Waals surface area contributed by atoms with Crippen LogP contribution in [0.15, 0.2) is 24.3 Å². The minimum atomic E-state index is -0.300. The fourth-order valence-corrected chi connectivity index (χ4v) is 3.56. The van der Waals surface area contributed by atoms with Crippen LogP contribution in [0.4, 0.5) is 15.3 Å². The van der Waals surface area contributed by atoms with Crippen molar-refractivity contribution in [3.63, 3.8) is 0 Å². The summed E-state index contributed by atoms with van der Waals surface area (Å²) in [6, 6.07) is 7.67. The summed E-state index contributed by atoms with van der Waals surface area (Å²) in [6.07, 6.45) is 1.08. The number of aryl methyl sites for hydroxylation is 1. The highest BCUT2D eigenvalue weighted by Crippen LogP contribution is 2.20. The minimum absolute atomic E-state index is 0.0177. The van der Waals surface area contributed by atoms with E-state index < -0.39 is 0 Å². The van der Waals surface area contributed by atoms with Crippen molar-refractivity contribution in [3.8, 4) is 0 Å². The number of amides is 4. The number of anilines is 1. The Balaban J connectivity index is 1.45. The highest BCUT2D eigenvalue weighted by molar-refractivity contribution is 5.96. The smallest absolute Gasteiger partial charge is 0.409 e. The van der Waals surface area contributed by atoms with Gasteiger partial charge in [0.15, 0.2) is 0 Å². The SMILES string of the molecule is CCOC(=O)N1CCC(NC(=O)CN2CCN(c3ccc(C)cc3)C2=O)CC1. The lowest BCUT2D eigenvalue weighted by Gasteiger charge is -2.31. The number of ether oxygens (including phenoxy) is 1. The molecule has 1 aromatic rings. The van der Waals surface area contributed by atoms with Crippen molar-refractivity contribution in [1.29, 1.82) is 0 Å². The number of hydrogen-bond acceptors (Lipinski definition) is 4. The molecule has 3 rings (SSSR count). The molecule has 4 amide bonds. The molecule has 0 saturated carbocycles. The first kappa shape index (κ1) is 20.0. The van der Waals surface area contributed by atoms with Crippen LogP contribution < -0.4 is 10.2 Å². The number of likely N-dealkylation sites (tertiary alicyclic amines) is 1. The quantitative estimate of drug-likeness (QED) is 0.836. The maximum absolute atomic E-state index is 12.6. The zero-order valence-electron chi connectivity index (χ0n) is 16.5. The Bertz CT molecular complexity index is 713. The van der Waals surface area contributed by atoms with Crippen molar-refractivity contribution in [2.24, 2.45) is 0 Å².